The van der Waals surface area contributed by atoms with Crippen LogP contribution < -0.4 is 11.1 Å². The van der Waals surface area contributed by atoms with E-state index in [2.05, 4.69) is 10.5 Å². The van der Waals surface area contributed by atoms with Gasteiger partial charge in [0.25, 0.3) is 0 Å². The van der Waals surface area contributed by atoms with Crippen LogP contribution in [0.25, 0.3) is 0 Å². The lowest BCUT2D eigenvalue weighted by atomic mass is 10.0. The van der Waals surface area contributed by atoms with Gasteiger partial charge in [0.15, 0.2) is 5.84 Å². The Morgan fingerprint density at radius 2 is 2.14 bits per heavy atom. The number of nitrogens with two attached hydrogens (primary N) is 1. The number of hydrogen-bond donors (Lipinski definition) is 3. The number of amides is 1. The number of oxime groups is 1. The quantitative estimate of drug-likeness (QED) is 0.343. The number of anilines is 1. The Labute approximate surface area is 127 Å². The Morgan fingerprint density at radius 3 is 2.76 bits per heavy atom. The van der Waals surface area contributed by atoms with Crippen molar-refractivity contribution in [3.8, 4) is 0 Å². The summed E-state index contributed by atoms with van der Waals surface area (Å²) in [5.74, 6) is -1.07. The van der Waals surface area contributed by atoms with E-state index in [-0.39, 0.29) is 11.7 Å². The van der Waals surface area contributed by atoms with Crippen molar-refractivity contribution in [1.29, 1.82) is 0 Å². The molecule has 0 radical (unpaired) electrons. The van der Waals surface area contributed by atoms with Gasteiger partial charge in [0, 0.05) is 17.0 Å². The third kappa shape index (κ3) is 3.82. The van der Waals surface area contributed by atoms with E-state index in [0.29, 0.717) is 6.42 Å². The van der Waals surface area contributed by atoms with Gasteiger partial charge in [0.1, 0.15) is 5.92 Å². The molecule has 1 aromatic heterocycles. The van der Waals surface area contributed by atoms with Gasteiger partial charge in [-0.2, -0.15) is 0 Å². The van der Waals surface area contributed by atoms with Gasteiger partial charge in [-0.1, -0.05) is 29.4 Å². The third-order valence-corrected chi connectivity index (χ3v) is 4.08. The fourth-order valence-corrected chi connectivity index (χ4v) is 2.72. The lowest BCUT2D eigenvalue weighted by Gasteiger charge is -2.16. The number of para-hydroxylation sites is 1. The molecule has 1 atom stereocenters. The van der Waals surface area contributed by atoms with E-state index in [1.54, 1.807) is 0 Å². The molecule has 0 spiro atoms. The summed E-state index contributed by atoms with van der Waals surface area (Å²) in [4.78, 5) is 13.4. The van der Waals surface area contributed by atoms with Crippen LogP contribution in [0.2, 0.25) is 0 Å². The first-order valence-electron chi connectivity index (χ1n) is 6.48. The van der Waals surface area contributed by atoms with Gasteiger partial charge in [-0.25, -0.2) is 0 Å². The van der Waals surface area contributed by atoms with Crippen LogP contribution in [0, 0.1) is 12.8 Å². The Bertz CT molecular complexity index is 638. The SMILES string of the molecule is Cc1ccccc1NC(=O)C(Cc1cccs1)C(N)=NO. The number of carbonyl (C=O) groups is 1. The van der Waals surface area contributed by atoms with E-state index in [1.165, 1.54) is 11.3 Å². The number of benzene rings is 1. The van der Waals surface area contributed by atoms with Crippen LogP contribution in [-0.2, 0) is 11.2 Å². The molecule has 1 heterocycles. The number of rotatable bonds is 5. The van der Waals surface area contributed by atoms with Crippen molar-refractivity contribution in [2.45, 2.75) is 13.3 Å². The van der Waals surface area contributed by atoms with Crippen LogP contribution in [0.4, 0.5) is 5.69 Å². The summed E-state index contributed by atoms with van der Waals surface area (Å²) in [5, 5.41) is 16.6. The second-order valence-electron chi connectivity index (χ2n) is 4.67. The highest BCUT2D eigenvalue weighted by atomic mass is 32.1. The number of nitrogens with one attached hydrogen (secondary N) is 1. The Kier molecular flexibility index (Phi) is 4.94. The van der Waals surface area contributed by atoms with E-state index >= 15 is 0 Å². The highest BCUT2D eigenvalue weighted by molar-refractivity contribution is 7.09. The van der Waals surface area contributed by atoms with Crippen molar-refractivity contribution in [3.05, 3.63) is 52.2 Å². The normalized spacial score (nSPS) is 12.9. The molecule has 0 saturated carbocycles. The predicted octanol–water partition coefficient (Wildman–Crippen LogP) is 2.60. The average molecular weight is 303 g/mol. The molecule has 0 aliphatic heterocycles. The standard InChI is InChI=1S/C15H17N3O2S/c1-10-5-2-3-7-13(10)17-15(19)12(14(16)18-20)9-11-6-4-8-21-11/h2-8,12,20H,9H2,1H3,(H2,16,18)(H,17,19). The molecule has 0 aliphatic rings. The highest BCUT2D eigenvalue weighted by Gasteiger charge is 2.24. The number of thiophene rings is 1. The van der Waals surface area contributed by atoms with Gasteiger partial charge < -0.3 is 16.3 Å². The molecule has 5 nitrogen and oxygen atoms in total. The van der Waals surface area contributed by atoms with Gasteiger partial charge in [-0.05, 0) is 30.0 Å². The molecule has 1 aromatic carbocycles. The number of carbonyl (C=O) groups excluding carboxylic acids is 1. The molecule has 110 valence electrons. The van der Waals surface area contributed by atoms with Gasteiger partial charge in [-0.15, -0.1) is 11.3 Å². The van der Waals surface area contributed by atoms with Crippen LogP contribution in [0.5, 0.6) is 0 Å². The topological polar surface area (TPSA) is 87.7 Å². The van der Waals surface area contributed by atoms with E-state index in [9.17, 15) is 4.79 Å². The van der Waals surface area contributed by atoms with Gasteiger partial charge in [0.2, 0.25) is 5.91 Å². The molecule has 6 heteroatoms. The highest BCUT2D eigenvalue weighted by Crippen LogP contribution is 2.18. The van der Waals surface area contributed by atoms with Crippen molar-refractivity contribution >= 4 is 28.8 Å². The molecular formula is C15H17N3O2S. The maximum absolute atomic E-state index is 12.4. The van der Waals surface area contributed by atoms with E-state index in [1.807, 2.05) is 48.7 Å². The molecule has 4 N–H and O–H groups in total. The second-order valence-corrected chi connectivity index (χ2v) is 5.70. The number of amidine groups is 1. The summed E-state index contributed by atoms with van der Waals surface area (Å²) in [7, 11) is 0. The largest absolute Gasteiger partial charge is 0.409 e. The van der Waals surface area contributed by atoms with Gasteiger partial charge >= 0.3 is 0 Å². The minimum atomic E-state index is -0.701. The summed E-state index contributed by atoms with van der Waals surface area (Å²) >= 11 is 1.53. The molecule has 0 saturated heterocycles. The lowest BCUT2D eigenvalue weighted by Crippen LogP contribution is -2.36. The summed E-state index contributed by atoms with van der Waals surface area (Å²) in [6.45, 7) is 1.91. The molecule has 1 unspecified atom stereocenters. The summed E-state index contributed by atoms with van der Waals surface area (Å²) in [5.41, 5.74) is 7.36. The van der Waals surface area contributed by atoms with E-state index < -0.39 is 5.92 Å². The van der Waals surface area contributed by atoms with E-state index in [4.69, 9.17) is 10.9 Å². The molecule has 1 amide bonds. The first kappa shape index (κ1) is 15.1. The average Bonchev–Trinajstić information content (AvgIpc) is 2.99. The summed E-state index contributed by atoms with van der Waals surface area (Å²) in [6, 6.07) is 11.3. The van der Waals surface area contributed by atoms with Crippen LogP contribution in [-0.4, -0.2) is 17.0 Å². The van der Waals surface area contributed by atoms with Crippen LogP contribution in [0.15, 0.2) is 46.9 Å². The molecule has 2 rings (SSSR count). The van der Waals surface area contributed by atoms with Crippen LogP contribution >= 0.6 is 11.3 Å². The molecular weight excluding hydrogens is 286 g/mol. The van der Waals surface area contributed by atoms with Gasteiger partial charge in [0.05, 0.1) is 0 Å². The minimum Gasteiger partial charge on any atom is -0.409 e. The monoisotopic (exact) mass is 303 g/mol. The Balaban J connectivity index is 2.17. The molecule has 21 heavy (non-hydrogen) atoms. The van der Waals surface area contributed by atoms with Gasteiger partial charge in [-0.3, -0.25) is 4.79 Å². The maximum atomic E-state index is 12.4. The predicted molar refractivity (Wildman–Crippen MR) is 84.7 cm³/mol. The summed E-state index contributed by atoms with van der Waals surface area (Å²) in [6.07, 6.45) is 0.408. The lowest BCUT2D eigenvalue weighted by molar-refractivity contribution is -0.118. The minimum absolute atomic E-state index is 0.0884. The molecule has 0 bridgehead atoms. The molecule has 0 aliphatic carbocycles. The van der Waals surface area contributed by atoms with Crippen molar-refractivity contribution in [1.82, 2.24) is 0 Å². The summed E-state index contributed by atoms with van der Waals surface area (Å²) < 4.78 is 0. The zero-order valence-electron chi connectivity index (χ0n) is 11.6. The van der Waals surface area contributed by atoms with Crippen molar-refractivity contribution in [2.24, 2.45) is 16.8 Å². The zero-order valence-corrected chi connectivity index (χ0v) is 12.4. The first-order valence-corrected chi connectivity index (χ1v) is 7.36. The fourth-order valence-electron chi connectivity index (χ4n) is 1.96. The van der Waals surface area contributed by atoms with E-state index in [0.717, 1.165) is 16.1 Å². The smallest absolute Gasteiger partial charge is 0.235 e. The number of hydrogen-bond acceptors (Lipinski definition) is 4. The Hall–Kier alpha value is -2.34. The molecule has 2 aromatic rings. The van der Waals surface area contributed by atoms with Crippen molar-refractivity contribution < 1.29 is 10.0 Å². The van der Waals surface area contributed by atoms with Crippen molar-refractivity contribution in [3.63, 3.8) is 0 Å². The number of aryl methyl sites for hydroxylation is 1. The molecule has 0 fully saturated rings. The third-order valence-electron chi connectivity index (χ3n) is 3.18. The maximum Gasteiger partial charge on any atom is 0.235 e. The van der Waals surface area contributed by atoms with Crippen LogP contribution in [0.1, 0.15) is 10.4 Å². The number of nitrogens with zero attached hydrogens (tertiary/aromatic N) is 1. The Morgan fingerprint density at radius 1 is 1.38 bits per heavy atom. The van der Waals surface area contributed by atoms with Crippen molar-refractivity contribution in [2.75, 3.05) is 5.32 Å². The van der Waals surface area contributed by atoms with Crippen LogP contribution in [0.3, 0.4) is 0 Å². The first-order chi connectivity index (χ1) is 10.1. The zero-order chi connectivity index (χ0) is 15.2. The fraction of sp³-hybridized carbons (Fsp3) is 0.200. The second kappa shape index (κ2) is 6.90.